The number of amides is 1. The first-order chi connectivity index (χ1) is 11.1. The molecule has 0 aliphatic heterocycles. The Balaban J connectivity index is 1.72. The van der Waals surface area contributed by atoms with Crippen LogP contribution >= 0.6 is 0 Å². The molecule has 23 heavy (non-hydrogen) atoms. The van der Waals surface area contributed by atoms with Crippen molar-refractivity contribution in [1.29, 1.82) is 0 Å². The standard InChI is InChI=1S/C16H21N5O2/c1-12(15(23)17-16(11-22)9-5-6-10-16)21-19-14(18-20-21)13-7-3-2-4-8-13/h2-4,7-8,12,22H,5-6,9-11H2,1H3,(H,17,23). The van der Waals surface area contributed by atoms with Crippen LogP contribution in [0.25, 0.3) is 11.4 Å². The van der Waals surface area contributed by atoms with Gasteiger partial charge in [0.1, 0.15) is 6.04 Å². The van der Waals surface area contributed by atoms with Gasteiger partial charge in [-0.15, -0.1) is 10.2 Å². The molecule has 3 rings (SSSR count). The highest BCUT2D eigenvalue weighted by molar-refractivity contribution is 5.80. The predicted octanol–water partition coefficient (Wildman–Crippen LogP) is 1.32. The number of carbonyl (C=O) groups excluding carboxylic acids is 1. The number of hydrogen-bond acceptors (Lipinski definition) is 5. The van der Waals surface area contributed by atoms with Crippen LogP contribution in [-0.4, -0.2) is 43.4 Å². The van der Waals surface area contributed by atoms with E-state index in [1.54, 1.807) is 6.92 Å². The van der Waals surface area contributed by atoms with Crippen molar-refractivity contribution in [3.05, 3.63) is 30.3 Å². The second-order valence-corrected chi connectivity index (χ2v) is 6.11. The average Bonchev–Trinajstić information content (AvgIpc) is 3.25. The molecule has 1 fully saturated rings. The Bertz CT molecular complexity index is 664. The molecule has 1 saturated carbocycles. The number of rotatable bonds is 5. The normalized spacial score (nSPS) is 17.8. The van der Waals surface area contributed by atoms with E-state index < -0.39 is 11.6 Å². The van der Waals surface area contributed by atoms with E-state index in [-0.39, 0.29) is 12.5 Å². The Labute approximate surface area is 134 Å². The van der Waals surface area contributed by atoms with Gasteiger partial charge in [-0.25, -0.2) is 0 Å². The van der Waals surface area contributed by atoms with Crippen molar-refractivity contribution in [2.45, 2.75) is 44.2 Å². The van der Waals surface area contributed by atoms with Crippen molar-refractivity contribution in [2.75, 3.05) is 6.61 Å². The summed E-state index contributed by atoms with van der Waals surface area (Å²) in [5.41, 5.74) is 0.364. The zero-order chi connectivity index (χ0) is 16.3. The fourth-order valence-electron chi connectivity index (χ4n) is 2.94. The molecule has 1 heterocycles. The lowest BCUT2D eigenvalue weighted by Crippen LogP contribution is -2.51. The summed E-state index contributed by atoms with van der Waals surface area (Å²) in [6.45, 7) is 1.69. The first-order valence-corrected chi connectivity index (χ1v) is 7.91. The highest BCUT2D eigenvalue weighted by Crippen LogP contribution is 2.29. The van der Waals surface area contributed by atoms with E-state index in [4.69, 9.17) is 0 Å². The predicted molar refractivity (Wildman–Crippen MR) is 84.4 cm³/mol. The molecule has 1 atom stereocenters. The van der Waals surface area contributed by atoms with Gasteiger partial charge < -0.3 is 10.4 Å². The molecule has 1 aromatic carbocycles. The molecule has 0 spiro atoms. The molecule has 0 saturated heterocycles. The van der Waals surface area contributed by atoms with Crippen LogP contribution in [0.15, 0.2) is 30.3 Å². The number of carbonyl (C=O) groups is 1. The fourth-order valence-corrected chi connectivity index (χ4v) is 2.94. The van der Waals surface area contributed by atoms with E-state index in [1.165, 1.54) is 4.80 Å². The highest BCUT2D eigenvalue weighted by Gasteiger charge is 2.36. The quantitative estimate of drug-likeness (QED) is 0.868. The minimum absolute atomic E-state index is 0.0362. The zero-order valence-electron chi connectivity index (χ0n) is 13.1. The summed E-state index contributed by atoms with van der Waals surface area (Å²) in [6, 6.07) is 8.93. The molecule has 1 aromatic heterocycles. The van der Waals surface area contributed by atoms with Crippen molar-refractivity contribution in [1.82, 2.24) is 25.5 Å². The third-order valence-corrected chi connectivity index (χ3v) is 4.44. The number of tetrazole rings is 1. The summed E-state index contributed by atoms with van der Waals surface area (Å²) < 4.78 is 0. The number of aliphatic hydroxyl groups excluding tert-OH is 1. The number of hydrogen-bond donors (Lipinski definition) is 2. The van der Waals surface area contributed by atoms with Gasteiger partial charge in [0.2, 0.25) is 11.7 Å². The minimum Gasteiger partial charge on any atom is -0.394 e. The molecule has 2 N–H and O–H groups in total. The lowest BCUT2D eigenvalue weighted by molar-refractivity contribution is -0.127. The Morgan fingerprint density at radius 3 is 2.70 bits per heavy atom. The second kappa shape index (κ2) is 6.45. The van der Waals surface area contributed by atoms with Gasteiger partial charge in [0.05, 0.1) is 12.1 Å². The van der Waals surface area contributed by atoms with Gasteiger partial charge in [0, 0.05) is 5.56 Å². The third kappa shape index (κ3) is 3.24. The first kappa shape index (κ1) is 15.6. The maximum Gasteiger partial charge on any atom is 0.247 e. The van der Waals surface area contributed by atoms with Crippen molar-refractivity contribution in [3.8, 4) is 11.4 Å². The Morgan fingerprint density at radius 1 is 1.35 bits per heavy atom. The van der Waals surface area contributed by atoms with Gasteiger partial charge in [-0.1, -0.05) is 43.2 Å². The lowest BCUT2D eigenvalue weighted by Gasteiger charge is -2.29. The van der Waals surface area contributed by atoms with Crippen LogP contribution in [0.1, 0.15) is 38.6 Å². The number of nitrogens with zero attached hydrogens (tertiary/aromatic N) is 4. The first-order valence-electron chi connectivity index (χ1n) is 7.91. The van der Waals surface area contributed by atoms with Gasteiger partial charge in [0.25, 0.3) is 0 Å². The zero-order valence-corrected chi connectivity index (χ0v) is 13.1. The molecular formula is C16H21N5O2. The van der Waals surface area contributed by atoms with Crippen LogP contribution in [0.5, 0.6) is 0 Å². The van der Waals surface area contributed by atoms with Gasteiger partial charge in [-0.3, -0.25) is 4.79 Å². The summed E-state index contributed by atoms with van der Waals surface area (Å²) in [5, 5.41) is 24.9. The average molecular weight is 315 g/mol. The SMILES string of the molecule is CC(C(=O)NC1(CO)CCCC1)n1nnc(-c2ccccc2)n1. The molecule has 2 aromatic rings. The van der Waals surface area contributed by atoms with Gasteiger partial charge in [-0.2, -0.15) is 4.80 Å². The molecule has 1 unspecified atom stereocenters. The fraction of sp³-hybridized carbons (Fsp3) is 0.500. The van der Waals surface area contributed by atoms with Crippen molar-refractivity contribution >= 4 is 5.91 Å². The Hall–Kier alpha value is -2.28. The van der Waals surface area contributed by atoms with Crippen LogP contribution in [0.3, 0.4) is 0 Å². The van der Waals surface area contributed by atoms with Gasteiger partial charge >= 0.3 is 0 Å². The van der Waals surface area contributed by atoms with Crippen molar-refractivity contribution in [3.63, 3.8) is 0 Å². The highest BCUT2D eigenvalue weighted by atomic mass is 16.3. The number of aliphatic hydroxyl groups is 1. The molecular weight excluding hydrogens is 294 g/mol. The van der Waals surface area contributed by atoms with E-state index in [2.05, 4.69) is 20.7 Å². The van der Waals surface area contributed by atoms with E-state index in [9.17, 15) is 9.90 Å². The molecule has 0 radical (unpaired) electrons. The molecule has 122 valence electrons. The molecule has 0 bridgehead atoms. The van der Waals surface area contributed by atoms with Crippen LogP contribution in [0, 0.1) is 0 Å². The molecule has 7 heteroatoms. The molecule has 7 nitrogen and oxygen atoms in total. The number of benzene rings is 1. The van der Waals surface area contributed by atoms with E-state index in [0.717, 1.165) is 31.2 Å². The lowest BCUT2D eigenvalue weighted by atomic mass is 9.98. The molecule has 1 aliphatic carbocycles. The summed E-state index contributed by atoms with van der Waals surface area (Å²) in [6.07, 6.45) is 3.66. The van der Waals surface area contributed by atoms with Gasteiger partial charge in [-0.05, 0) is 25.0 Å². The van der Waals surface area contributed by atoms with E-state index in [0.29, 0.717) is 5.82 Å². The van der Waals surface area contributed by atoms with Gasteiger partial charge in [0.15, 0.2) is 0 Å². The Morgan fingerprint density at radius 2 is 2.04 bits per heavy atom. The summed E-state index contributed by atoms with van der Waals surface area (Å²) >= 11 is 0. The van der Waals surface area contributed by atoms with E-state index >= 15 is 0 Å². The summed E-state index contributed by atoms with van der Waals surface area (Å²) in [4.78, 5) is 13.8. The molecule has 1 amide bonds. The summed E-state index contributed by atoms with van der Waals surface area (Å²) in [7, 11) is 0. The topological polar surface area (TPSA) is 92.9 Å². The van der Waals surface area contributed by atoms with E-state index in [1.807, 2.05) is 30.3 Å². The maximum absolute atomic E-state index is 12.5. The summed E-state index contributed by atoms with van der Waals surface area (Å²) in [5.74, 6) is 0.293. The van der Waals surface area contributed by atoms with Crippen molar-refractivity contribution in [2.24, 2.45) is 0 Å². The van der Waals surface area contributed by atoms with Crippen molar-refractivity contribution < 1.29 is 9.90 Å². The number of nitrogens with one attached hydrogen (secondary N) is 1. The van der Waals surface area contributed by atoms with Crippen LogP contribution in [-0.2, 0) is 4.79 Å². The van der Waals surface area contributed by atoms with Crippen LogP contribution in [0.2, 0.25) is 0 Å². The smallest absolute Gasteiger partial charge is 0.247 e. The van der Waals surface area contributed by atoms with Crippen LogP contribution in [0.4, 0.5) is 0 Å². The monoisotopic (exact) mass is 315 g/mol. The van der Waals surface area contributed by atoms with Crippen LogP contribution < -0.4 is 5.32 Å². The minimum atomic E-state index is -0.580. The maximum atomic E-state index is 12.5. The second-order valence-electron chi connectivity index (χ2n) is 6.11. The molecule has 1 aliphatic rings. The largest absolute Gasteiger partial charge is 0.394 e. The number of aromatic nitrogens is 4. The Kier molecular flexibility index (Phi) is 4.38. The third-order valence-electron chi connectivity index (χ3n) is 4.44.